The van der Waals surface area contributed by atoms with Gasteiger partial charge in [-0.25, -0.2) is 4.98 Å². The van der Waals surface area contributed by atoms with E-state index < -0.39 is 5.97 Å². The van der Waals surface area contributed by atoms with E-state index >= 15 is 0 Å². The third-order valence-corrected chi connectivity index (χ3v) is 3.12. The molecule has 1 N–H and O–H groups in total. The minimum atomic E-state index is -0.889. The van der Waals surface area contributed by atoms with Crippen LogP contribution in [0, 0.1) is 0 Å². The Morgan fingerprint density at radius 3 is 2.43 bits per heavy atom. The zero-order chi connectivity index (χ0) is 14.7. The topological polar surface area (TPSA) is 68.0 Å². The number of carbonyl (C=O) groups is 1. The SMILES string of the molecule is O=C(O)Cn1ccnc1-c1ccc(-c2ccccn2)cc1. The van der Waals surface area contributed by atoms with E-state index in [9.17, 15) is 4.79 Å². The minimum Gasteiger partial charge on any atom is -0.480 e. The van der Waals surface area contributed by atoms with Crippen molar-refractivity contribution >= 4 is 5.97 Å². The molecule has 0 saturated heterocycles. The van der Waals surface area contributed by atoms with Crippen molar-refractivity contribution in [2.45, 2.75) is 6.54 Å². The van der Waals surface area contributed by atoms with Crippen molar-refractivity contribution in [2.24, 2.45) is 0 Å². The number of rotatable bonds is 4. The summed E-state index contributed by atoms with van der Waals surface area (Å²) < 4.78 is 1.61. The van der Waals surface area contributed by atoms with E-state index in [1.807, 2.05) is 42.5 Å². The fourth-order valence-corrected chi connectivity index (χ4v) is 2.17. The van der Waals surface area contributed by atoms with Crippen LogP contribution >= 0.6 is 0 Å². The average molecular weight is 279 g/mol. The molecule has 0 atom stereocenters. The van der Waals surface area contributed by atoms with Crippen LogP contribution in [0.4, 0.5) is 0 Å². The standard InChI is InChI=1S/C16H13N3O2/c20-15(21)11-19-10-9-18-16(19)13-6-4-12(5-7-13)14-3-1-2-8-17-14/h1-10H,11H2,(H,20,21). The van der Waals surface area contributed by atoms with Gasteiger partial charge in [0.25, 0.3) is 0 Å². The smallest absolute Gasteiger partial charge is 0.323 e. The molecule has 0 saturated carbocycles. The van der Waals surface area contributed by atoms with Gasteiger partial charge in [0.15, 0.2) is 0 Å². The molecule has 0 aliphatic carbocycles. The normalized spacial score (nSPS) is 10.5. The number of carboxylic acid groups (broad SMARTS) is 1. The van der Waals surface area contributed by atoms with Gasteiger partial charge in [0.05, 0.1) is 5.69 Å². The molecule has 0 amide bonds. The quantitative estimate of drug-likeness (QED) is 0.797. The lowest BCUT2D eigenvalue weighted by Crippen LogP contribution is -2.09. The molecule has 3 aromatic rings. The fourth-order valence-electron chi connectivity index (χ4n) is 2.17. The first-order valence-corrected chi connectivity index (χ1v) is 6.49. The third kappa shape index (κ3) is 2.81. The van der Waals surface area contributed by atoms with Crippen LogP contribution in [0.5, 0.6) is 0 Å². The highest BCUT2D eigenvalue weighted by molar-refractivity contribution is 5.69. The van der Waals surface area contributed by atoms with Gasteiger partial charge in [-0.1, -0.05) is 30.3 Å². The van der Waals surface area contributed by atoms with Crippen LogP contribution in [0.1, 0.15) is 0 Å². The van der Waals surface area contributed by atoms with Crippen LogP contribution in [0.15, 0.2) is 61.1 Å². The third-order valence-electron chi connectivity index (χ3n) is 3.12. The second-order valence-corrected chi connectivity index (χ2v) is 4.56. The molecule has 0 aliphatic rings. The average Bonchev–Trinajstić information content (AvgIpc) is 2.96. The van der Waals surface area contributed by atoms with E-state index in [-0.39, 0.29) is 6.54 Å². The molecular weight excluding hydrogens is 266 g/mol. The zero-order valence-electron chi connectivity index (χ0n) is 11.2. The second-order valence-electron chi connectivity index (χ2n) is 4.56. The monoisotopic (exact) mass is 279 g/mol. The van der Waals surface area contributed by atoms with Crippen molar-refractivity contribution in [1.82, 2.24) is 14.5 Å². The van der Waals surface area contributed by atoms with Crippen LogP contribution in [0.3, 0.4) is 0 Å². The first kappa shape index (κ1) is 13.1. The van der Waals surface area contributed by atoms with Gasteiger partial charge >= 0.3 is 5.97 Å². The van der Waals surface area contributed by atoms with Gasteiger partial charge in [-0.2, -0.15) is 0 Å². The molecule has 2 aromatic heterocycles. The molecule has 0 spiro atoms. The summed E-state index contributed by atoms with van der Waals surface area (Å²) in [6.07, 6.45) is 5.02. The van der Waals surface area contributed by atoms with Gasteiger partial charge in [-0.05, 0) is 12.1 Å². The number of carboxylic acids is 1. The molecule has 21 heavy (non-hydrogen) atoms. The molecule has 5 nitrogen and oxygen atoms in total. The number of aliphatic carboxylic acids is 1. The number of benzene rings is 1. The van der Waals surface area contributed by atoms with Gasteiger partial charge in [0.1, 0.15) is 12.4 Å². The maximum atomic E-state index is 10.8. The van der Waals surface area contributed by atoms with Crippen LogP contribution in [-0.4, -0.2) is 25.6 Å². The van der Waals surface area contributed by atoms with Gasteiger partial charge < -0.3 is 9.67 Å². The molecule has 0 aliphatic heterocycles. The maximum absolute atomic E-state index is 10.8. The molecule has 0 fully saturated rings. The van der Waals surface area contributed by atoms with Crippen molar-refractivity contribution in [3.8, 4) is 22.6 Å². The lowest BCUT2D eigenvalue weighted by atomic mass is 10.1. The number of hydrogen-bond acceptors (Lipinski definition) is 3. The number of nitrogens with zero attached hydrogens (tertiary/aromatic N) is 3. The van der Waals surface area contributed by atoms with Crippen molar-refractivity contribution < 1.29 is 9.90 Å². The van der Waals surface area contributed by atoms with Crippen molar-refractivity contribution in [3.63, 3.8) is 0 Å². The molecule has 2 heterocycles. The van der Waals surface area contributed by atoms with E-state index in [0.29, 0.717) is 5.82 Å². The zero-order valence-corrected chi connectivity index (χ0v) is 11.2. The highest BCUT2D eigenvalue weighted by Gasteiger charge is 2.09. The molecule has 0 unspecified atom stereocenters. The summed E-state index contributed by atoms with van der Waals surface area (Å²) in [7, 11) is 0. The molecule has 3 rings (SSSR count). The summed E-state index contributed by atoms with van der Waals surface area (Å²) in [5, 5.41) is 8.89. The van der Waals surface area contributed by atoms with Gasteiger partial charge in [-0.15, -0.1) is 0 Å². The van der Waals surface area contributed by atoms with Crippen molar-refractivity contribution in [3.05, 3.63) is 61.1 Å². The second kappa shape index (κ2) is 5.58. The van der Waals surface area contributed by atoms with Crippen LogP contribution in [0.2, 0.25) is 0 Å². The maximum Gasteiger partial charge on any atom is 0.323 e. The number of pyridine rings is 1. The highest BCUT2D eigenvalue weighted by atomic mass is 16.4. The Labute approximate surface area is 121 Å². The van der Waals surface area contributed by atoms with E-state index in [4.69, 9.17) is 5.11 Å². The minimum absolute atomic E-state index is 0.0999. The molecule has 0 bridgehead atoms. The van der Waals surface area contributed by atoms with E-state index in [1.165, 1.54) is 0 Å². The van der Waals surface area contributed by atoms with Crippen molar-refractivity contribution in [2.75, 3.05) is 0 Å². The first-order valence-electron chi connectivity index (χ1n) is 6.49. The Morgan fingerprint density at radius 2 is 1.76 bits per heavy atom. The first-order chi connectivity index (χ1) is 10.2. The van der Waals surface area contributed by atoms with Gasteiger partial charge in [0.2, 0.25) is 0 Å². The number of imidazole rings is 1. The lowest BCUT2D eigenvalue weighted by molar-refractivity contribution is -0.137. The predicted octanol–water partition coefficient (Wildman–Crippen LogP) is 2.70. The van der Waals surface area contributed by atoms with Gasteiger partial charge in [-0.3, -0.25) is 9.78 Å². The van der Waals surface area contributed by atoms with Crippen LogP contribution < -0.4 is 0 Å². The highest BCUT2D eigenvalue weighted by Crippen LogP contribution is 2.22. The van der Waals surface area contributed by atoms with Gasteiger partial charge in [0, 0.05) is 29.7 Å². The Bertz CT molecular complexity index is 749. The summed E-state index contributed by atoms with van der Waals surface area (Å²) in [5.74, 6) is -0.246. The molecule has 0 radical (unpaired) electrons. The summed E-state index contributed by atoms with van der Waals surface area (Å²) in [4.78, 5) is 19.4. The molecule has 5 heteroatoms. The molecule has 104 valence electrons. The number of aromatic nitrogens is 3. The van der Waals surface area contributed by atoms with E-state index in [1.54, 1.807) is 23.2 Å². The largest absolute Gasteiger partial charge is 0.480 e. The predicted molar refractivity (Wildman–Crippen MR) is 78.5 cm³/mol. The number of hydrogen-bond donors (Lipinski definition) is 1. The fraction of sp³-hybridized carbons (Fsp3) is 0.0625. The van der Waals surface area contributed by atoms with E-state index in [2.05, 4.69) is 9.97 Å². The Morgan fingerprint density at radius 1 is 1.00 bits per heavy atom. The Balaban J connectivity index is 1.91. The summed E-state index contributed by atoms with van der Waals surface area (Å²) in [5.41, 5.74) is 2.79. The Hall–Kier alpha value is -2.95. The van der Waals surface area contributed by atoms with Crippen LogP contribution in [-0.2, 0) is 11.3 Å². The molecule has 1 aromatic carbocycles. The van der Waals surface area contributed by atoms with E-state index in [0.717, 1.165) is 16.8 Å². The Kier molecular flexibility index (Phi) is 3.47. The summed E-state index contributed by atoms with van der Waals surface area (Å²) in [6, 6.07) is 13.5. The van der Waals surface area contributed by atoms with Crippen LogP contribution in [0.25, 0.3) is 22.6 Å². The van der Waals surface area contributed by atoms with Crippen molar-refractivity contribution in [1.29, 1.82) is 0 Å². The molecular formula is C16H13N3O2. The summed E-state index contributed by atoms with van der Waals surface area (Å²) >= 11 is 0. The lowest BCUT2D eigenvalue weighted by Gasteiger charge is -2.06. The summed E-state index contributed by atoms with van der Waals surface area (Å²) in [6.45, 7) is -0.0999.